The summed E-state index contributed by atoms with van der Waals surface area (Å²) in [6, 6.07) is 0.341. The van der Waals surface area contributed by atoms with E-state index in [9.17, 15) is 39.0 Å². The van der Waals surface area contributed by atoms with E-state index in [1.165, 1.54) is 25.9 Å². The minimum atomic E-state index is -3.06. The number of phenols is 1. The molecule has 2 fully saturated rings. The summed E-state index contributed by atoms with van der Waals surface area (Å²) in [4.78, 5) is 84.7. The molecule has 0 aromatic heterocycles. The van der Waals surface area contributed by atoms with Crippen molar-refractivity contribution in [3.8, 4) is 5.75 Å². The van der Waals surface area contributed by atoms with Crippen LogP contribution >= 0.6 is 0 Å². The van der Waals surface area contributed by atoms with Crippen LogP contribution in [0.2, 0.25) is 0 Å². The Bertz CT molecular complexity index is 1440. The summed E-state index contributed by atoms with van der Waals surface area (Å²) in [5, 5.41) is 23.7. The molecule has 0 spiro atoms. The zero-order valence-electron chi connectivity index (χ0n) is 26.0. The van der Waals surface area contributed by atoms with Gasteiger partial charge in [-0.25, -0.2) is 0 Å². The molecule has 0 bridgehead atoms. The fourth-order valence-corrected chi connectivity index (χ4v) is 7.41. The van der Waals surface area contributed by atoms with Crippen molar-refractivity contribution < 1.29 is 43.7 Å². The third kappa shape index (κ3) is 4.48. The Morgan fingerprint density at radius 1 is 1.07 bits per heavy atom. The maximum absolute atomic E-state index is 14.5. The topological polar surface area (TPSA) is 185 Å². The van der Waals surface area contributed by atoms with Crippen molar-refractivity contribution in [1.29, 1.82) is 0 Å². The largest absolute Gasteiger partial charge is 0.507 e. The van der Waals surface area contributed by atoms with Crippen LogP contribution in [0.5, 0.6) is 5.75 Å². The number of aliphatic hydroxyl groups is 1. The van der Waals surface area contributed by atoms with Gasteiger partial charge in [0, 0.05) is 37.7 Å². The lowest BCUT2D eigenvalue weighted by molar-refractivity contribution is -0.205. The van der Waals surface area contributed by atoms with Crippen LogP contribution in [-0.4, -0.2) is 96.1 Å². The van der Waals surface area contributed by atoms with Crippen LogP contribution in [0.3, 0.4) is 0 Å². The van der Waals surface area contributed by atoms with E-state index in [1.807, 2.05) is 20.8 Å². The van der Waals surface area contributed by atoms with Crippen LogP contribution in [0.4, 0.5) is 5.69 Å². The lowest BCUT2D eigenvalue weighted by Gasteiger charge is -2.56. The number of carbonyl (C=O) groups is 6. The highest BCUT2D eigenvalue weighted by atomic mass is 16.5. The fraction of sp³-hybridized carbons (Fsp3) is 0.613. The number of ketones is 4. The first-order valence-corrected chi connectivity index (χ1v) is 14.4. The number of nitrogens with two attached hydrogens (primary N) is 1. The van der Waals surface area contributed by atoms with Gasteiger partial charge in [-0.15, -0.1) is 0 Å². The number of aromatic hydroxyl groups is 1. The number of hydrogen-bond donors (Lipinski definition) is 3. The van der Waals surface area contributed by atoms with Gasteiger partial charge in [0.1, 0.15) is 11.9 Å². The van der Waals surface area contributed by atoms with E-state index in [0.717, 1.165) is 0 Å². The van der Waals surface area contributed by atoms with Gasteiger partial charge in [0.25, 0.3) is 0 Å². The summed E-state index contributed by atoms with van der Waals surface area (Å²) in [5.41, 5.74) is 3.10. The number of nitrogens with zero attached hydrogens (tertiary/aromatic N) is 2. The molecule has 3 aliphatic carbocycles. The molecular weight excluding hydrogens is 558 g/mol. The Labute approximate surface area is 250 Å². The van der Waals surface area contributed by atoms with E-state index < -0.39 is 87.8 Å². The molecule has 2 saturated carbocycles. The number of benzene rings is 1. The number of carbonyl (C=O) groups excluding carboxylic acids is 6. The molecule has 43 heavy (non-hydrogen) atoms. The van der Waals surface area contributed by atoms with Gasteiger partial charge in [0.2, 0.25) is 5.91 Å². The number of hydrogen-bond acceptors (Lipinski definition) is 11. The second kappa shape index (κ2) is 10.5. The van der Waals surface area contributed by atoms with E-state index in [0.29, 0.717) is 16.8 Å². The number of rotatable bonds is 5. The van der Waals surface area contributed by atoms with Crippen LogP contribution in [0.15, 0.2) is 6.07 Å². The van der Waals surface area contributed by atoms with Gasteiger partial charge in [-0.05, 0) is 37.1 Å². The zero-order valence-corrected chi connectivity index (χ0v) is 26.0. The summed E-state index contributed by atoms with van der Waals surface area (Å²) < 4.78 is 5.88. The summed E-state index contributed by atoms with van der Waals surface area (Å²) in [6.45, 7) is 8.83. The molecule has 8 atom stereocenters. The zero-order chi connectivity index (χ0) is 32.7. The Morgan fingerprint density at radius 3 is 2.12 bits per heavy atom. The van der Waals surface area contributed by atoms with Gasteiger partial charge >= 0.3 is 5.97 Å². The van der Waals surface area contributed by atoms with Gasteiger partial charge in [-0.3, -0.25) is 33.7 Å². The molecule has 1 aromatic carbocycles. The fourth-order valence-electron chi connectivity index (χ4n) is 7.41. The maximum Gasteiger partial charge on any atom is 0.305 e. The number of anilines is 1. The first-order chi connectivity index (χ1) is 19.7. The predicted molar refractivity (Wildman–Crippen MR) is 155 cm³/mol. The summed E-state index contributed by atoms with van der Waals surface area (Å²) in [5.74, 6) is -14.2. The Kier molecular flexibility index (Phi) is 7.89. The highest BCUT2D eigenvalue weighted by Gasteiger charge is 2.74. The van der Waals surface area contributed by atoms with Gasteiger partial charge in [0.15, 0.2) is 34.7 Å². The minimum Gasteiger partial charge on any atom is -0.507 e. The molecule has 12 nitrogen and oxygen atoms in total. The lowest BCUT2D eigenvalue weighted by atomic mass is 9.49. The lowest BCUT2D eigenvalue weighted by Crippen LogP contribution is -2.78. The maximum atomic E-state index is 14.5. The Hall–Kier alpha value is -3.64. The number of amides is 1. The number of Topliss-reactive ketones (excluding diaryl/α,β-unsaturated/α-hetero) is 4. The van der Waals surface area contributed by atoms with Crippen molar-refractivity contribution in [1.82, 2.24) is 4.90 Å². The molecule has 0 aliphatic heterocycles. The summed E-state index contributed by atoms with van der Waals surface area (Å²) in [7, 11) is 6.47. The van der Waals surface area contributed by atoms with Crippen molar-refractivity contribution in [2.75, 3.05) is 33.1 Å². The van der Waals surface area contributed by atoms with Crippen molar-refractivity contribution in [2.24, 2.45) is 29.4 Å². The van der Waals surface area contributed by atoms with Crippen LogP contribution in [-0.2, 0) is 34.1 Å². The molecule has 1 amide bonds. The van der Waals surface area contributed by atoms with E-state index >= 15 is 0 Å². The van der Waals surface area contributed by atoms with E-state index in [-0.39, 0.29) is 17.7 Å². The first kappa shape index (κ1) is 32.3. The third-order valence-electron chi connectivity index (χ3n) is 9.38. The van der Waals surface area contributed by atoms with Crippen LogP contribution < -0.4 is 10.6 Å². The standard InChI is InChI=1S/C31H41N3O9/c1-10-15(35)43-26-17-12(2)16-14(33(6)7)11-13(30(3,4)5)23(36)18(16)24(37)19(17)27(39)31(42)21(26)22(34(8)9)25(38)20(28(31)40)29(32)41/h11-12,17,19-22,26,36,42H,10H2,1-9H3,(H2,32,41)/t12-,17+,19?,20?,21+,22-,26-,31-/m1/s1. The Balaban J connectivity index is 2.11. The third-order valence-corrected chi connectivity index (χ3v) is 9.38. The molecule has 0 heterocycles. The highest BCUT2D eigenvalue weighted by molar-refractivity contribution is 6.32. The number of esters is 1. The smallest absolute Gasteiger partial charge is 0.305 e. The molecule has 3 aliphatic rings. The molecular formula is C31H41N3O9. The van der Waals surface area contributed by atoms with Crippen molar-refractivity contribution >= 4 is 40.7 Å². The van der Waals surface area contributed by atoms with Crippen molar-refractivity contribution in [3.63, 3.8) is 0 Å². The molecule has 4 rings (SSSR count). The quantitative estimate of drug-likeness (QED) is 0.320. The van der Waals surface area contributed by atoms with Crippen molar-refractivity contribution in [3.05, 3.63) is 22.8 Å². The molecule has 2 unspecified atom stereocenters. The van der Waals surface area contributed by atoms with E-state index in [2.05, 4.69) is 0 Å². The van der Waals surface area contributed by atoms with Gasteiger partial charge in [-0.2, -0.15) is 0 Å². The van der Waals surface area contributed by atoms with Crippen LogP contribution in [0, 0.1) is 23.7 Å². The normalized spacial score (nSPS) is 32.2. The molecule has 234 valence electrons. The highest BCUT2D eigenvalue weighted by Crippen LogP contribution is 2.57. The SMILES string of the molecule is CCC(=O)O[C@@H]1[C@@H]2C(C(=O)c3c(O)c(C(C)(C)C)cc(N(C)C)c3[C@H]2C)C(=O)[C@@]2(O)C(=O)C(C(N)=O)C(=O)[C@H](N(C)C)[C@@H]12. The first-order valence-electron chi connectivity index (χ1n) is 14.4. The number of primary amides is 1. The minimum absolute atomic E-state index is 0.108. The van der Waals surface area contributed by atoms with Gasteiger partial charge < -0.3 is 25.6 Å². The number of phenolic OH excluding ortho intramolecular Hbond substituents is 1. The molecule has 1 aromatic rings. The molecule has 0 saturated heterocycles. The van der Waals surface area contributed by atoms with Crippen LogP contribution in [0.1, 0.15) is 68.4 Å². The predicted octanol–water partition coefficient (Wildman–Crippen LogP) is 0.723. The summed E-state index contributed by atoms with van der Waals surface area (Å²) >= 11 is 0. The van der Waals surface area contributed by atoms with Crippen molar-refractivity contribution in [2.45, 2.75) is 70.1 Å². The second-order valence-electron chi connectivity index (χ2n) is 13.4. The molecule has 12 heteroatoms. The summed E-state index contributed by atoms with van der Waals surface area (Å²) in [6.07, 6.45) is -1.58. The second-order valence-corrected chi connectivity index (χ2v) is 13.4. The number of ether oxygens (including phenoxy) is 1. The van der Waals surface area contributed by atoms with Gasteiger partial charge in [-0.1, -0.05) is 34.6 Å². The Morgan fingerprint density at radius 2 is 1.65 bits per heavy atom. The number of fused-ring (bicyclic) bond motifs is 3. The monoisotopic (exact) mass is 599 g/mol. The molecule has 4 N–H and O–H groups in total. The van der Waals surface area contributed by atoms with E-state index in [1.54, 1.807) is 32.0 Å². The average molecular weight is 600 g/mol. The van der Waals surface area contributed by atoms with Crippen LogP contribution in [0.25, 0.3) is 0 Å². The van der Waals surface area contributed by atoms with Gasteiger partial charge in [0.05, 0.1) is 23.4 Å². The average Bonchev–Trinajstić information content (AvgIpc) is 2.88. The van der Waals surface area contributed by atoms with E-state index in [4.69, 9.17) is 10.5 Å². The molecule has 0 radical (unpaired) electrons. The number of likely N-dealkylation sites (N-methyl/N-ethyl adjacent to an activating group) is 1.